The van der Waals surface area contributed by atoms with Crippen LogP contribution in [0.15, 0.2) is 54.6 Å². The third kappa shape index (κ3) is 2.85. The summed E-state index contributed by atoms with van der Waals surface area (Å²) in [6.07, 6.45) is 9.72. The van der Waals surface area contributed by atoms with Crippen LogP contribution in [0.2, 0.25) is 0 Å². The lowest BCUT2D eigenvalue weighted by atomic mass is 9.75. The molecule has 3 unspecified atom stereocenters. The normalized spacial score (nSPS) is 25.4. The number of rotatable bonds is 5. The van der Waals surface area contributed by atoms with Gasteiger partial charge in [-0.05, 0) is 48.9 Å². The molecule has 1 fully saturated rings. The van der Waals surface area contributed by atoms with E-state index in [1.54, 1.807) is 5.56 Å². The largest absolute Gasteiger partial charge is 0.338 e. The zero-order valence-electron chi connectivity index (χ0n) is 14.8. The van der Waals surface area contributed by atoms with E-state index >= 15 is 0 Å². The molecule has 1 heteroatoms. The second-order valence-corrected chi connectivity index (χ2v) is 7.61. The Morgan fingerprint density at radius 3 is 2.54 bits per heavy atom. The summed E-state index contributed by atoms with van der Waals surface area (Å²) in [4.78, 5) is 2.63. The van der Waals surface area contributed by atoms with Crippen LogP contribution in [0.1, 0.15) is 63.4 Å². The fraction of sp³-hybridized carbons (Fsp3) is 0.478. The van der Waals surface area contributed by atoms with Crippen LogP contribution in [0.25, 0.3) is 0 Å². The quantitative estimate of drug-likeness (QED) is 0.556. The van der Waals surface area contributed by atoms with Crippen molar-refractivity contribution in [2.24, 2.45) is 5.92 Å². The molecule has 1 saturated carbocycles. The maximum absolute atomic E-state index is 2.63. The van der Waals surface area contributed by atoms with Crippen LogP contribution in [-0.2, 0) is 0 Å². The standard InChI is InChI=1S/C23H29N/c1-2-3-5-10-18-15-16-23-21(17-18)20-13-8-9-14-22(20)24(23)19-11-6-4-7-12-19/h4,6-9,11-14,18,21,23H,2-3,5,10,15-17H2,1H3. The predicted octanol–water partition coefficient (Wildman–Crippen LogP) is 6.67. The summed E-state index contributed by atoms with van der Waals surface area (Å²) in [6, 6.07) is 20.8. The lowest BCUT2D eigenvalue weighted by Gasteiger charge is -2.37. The molecule has 0 bridgehead atoms. The zero-order chi connectivity index (χ0) is 16.4. The van der Waals surface area contributed by atoms with E-state index in [9.17, 15) is 0 Å². The first kappa shape index (κ1) is 15.7. The number of unbranched alkanes of at least 4 members (excludes halogenated alkanes) is 2. The van der Waals surface area contributed by atoms with Gasteiger partial charge in [-0.1, -0.05) is 69.0 Å². The second kappa shape index (κ2) is 7.01. The van der Waals surface area contributed by atoms with Gasteiger partial charge in [-0.25, -0.2) is 0 Å². The summed E-state index contributed by atoms with van der Waals surface area (Å²) in [5, 5.41) is 0. The summed E-state index contributed by atoms with van der Waals surface area (Å²) < 4.78 is 0. The van der Waals surface area contributed by atoms with Crippen molar-refractivity contribution < 1.29 is 0 Å². The predicted molar refractivity (Wildman–Crippen MR) is 103 cm³/mol. The molecule has 0 N–H and O–H groups in total. The van der Waals surface area contributed by atoms with Gasteiger partial charge in [0.2, 0.25) is 0 Å². The highest BCUT2D eigenvalue weighted by molar-refractivity contribution is 5.72. The van der Waals surface area contributed by atoms with E-state index in [-0.39, 0.29) is 0 Å². The minimum absolute atomic E-state index is 0.659. The Labute approximate surface area is 146 Å². The fourth-order valence-electron chi connectivity index (χ4n) is 4.95. The van der Waals surface area contributed by atoms with Gasteiger partial charge in [-0.2, -0.15) is 0 Å². The van der Waals surface area contributed by atoms with Crippen molar-refractivity contribution >= 4 is 11.4 Å². The van der Waals surface area contributed by atoms with Gasteiger partial charge in [0.15, 0.2) is 0 Å². The number of para-hydroxylation sites is 2. The molecule has 2 aliphatic rings. The second-order valence-electron chi connectivity index (χ2n) is 7.61. The Bertz CT molecular complexity index is 663. The smallest absolute Gasteiger partial charge is 0.0449 e. The molecule has 0 spiro atoms. The first-order valence-corrected chi connectivity index (χ1v) is 9.81. The third-order valence-corrected chi connectivity index (χ3v) is 6.10. The molecule has 2 aromatic rings. The van der Waals surface area contributed by atoms with E-state index in [1.165, 1.54) is 56.3 Å². The average molecular weight is 319 g/mol. The molecule has 1 heterocycles. The van der Waals surface area contributed by atoms with Crippen LogP contribution in [0.3, 0.4) is 0 Å². The van der Waals surface area contributed by atoms with Gasteiger partial charge in [0.1, 0.15) is 0 Å². The average Bonchev–Trinajstić information content (AvgIpc) is 2.97. The molecular weight excluding hydrogens is 290 g/mol. The Morgan fingerprint density at radius 1 is 0.917 bits per heavy atom. The van der Waals surface area contributed by atoms with E-state index in [0.717, 1.165) is 11.8 Å². The van der Waals surface area contributed by atoms with Gasteiger partial charge in [-0.3, -0.25) is 0 Å². The zero-order valence-corrected chi connectivity index (χ0v) is 14.8. The van der Waals surface area contributed by atoms with E-state index in [1.807, 2.05) is 0 Å². The molecule has 0 aromatic heterocycles. The number of anilines is 2. The summed E-state index contributed by atoms with van der Waals surface area (Å²) in [7, 11) is 0. The summed E-state index contributed by atoms with van der Waals surface area (Å²) >= 11 is 0. The van der Waals surface area contributed by atoms with Gasteiger partial charge in [0.05, 0.1) is 0 Å². The molecular formula is C23H29N. The van der Waals surface area contributed by atoms with Crippen molar-refractivity contribution in [1.29, 1.82) is 0 Å². The van der Waals surface area contributed by atoms with Crippen LogP contribution in [0.4, 0.5) is 11.4 Å². The summed E-state index contributed by atoms with van der Waals surface area (Å²) in [5.41, 5.74) is 4.40. The molecule has 0 radical (unpaired) electrons. The molecule has 4 rings (SSSR count). The highest BCUT2D eigenvalue weighted by Gasteiger charge is 2.42. The lowest BCUT2D eigenvalue weighted by Crippen LogP contribution is -2.34. The molecule has 1 aliphatic heterocycles. The van der Waals surface area contributed by atoms with Crippen molar-refractivity contribution in [3.05, 3.63) is 60.2 Å². The van der Waals surface area contributed by atoms with Gasteiger partial charge in [0.25, 0.3) is 0 Å². The van der Waals surface area contributed by atoms with Crippen molar-refractivity contribution in [2.75, 3.05) is 4.90 Å². The molecule has 0 saturated heterocycles. The van der Waals surface area contributed by atoms with Crippen LogP contribution < -0.4 is 4.90 Å². The van der Waals surface area contributed by atoms with Gasteiger partial charge < -0.3 is 4.90 Å². The maximum Gasteiger partial charge on any atom is 0.0449 e. The van der Waals surface area contributed by atoms with Crippen molar-refractivity contribution in [3.8, 4) is 0 Å². The van der Waals surface area contributed by atoms with E-state index in [4.69, 9.17) is 0 Å². The van der Waals surface area contributed by atoms with Crippen molar-refractivity contribution in [2.45, 2.75) is 63.8 Å². The Morgan fingerprint density at radius 2 is 1.71 bits per heavy atom. The van der Waals surface area contributed by atoms with Gasteiger partial charge >= 0.3 is 0 Å². The van der Waals surface area contributed by atoms with Gasteiger partial charge in [0, 0.05) is 23.3 Å². The molecule has 0 amide bonds. The number of fused-ring (bicyclic) bond motifs is 3. The van der Waals surface area contributed by atoms with Gasteiger partial charge in [-0.15, -0.1) is 0 Å². The Hall–Kier alpha value is -1.76. The van der Waals surface area contributed by atoms with E-state index in [2.05, 4.69) is 66.4 Å². The fourth-order valence-corrected chi connectivity index (χ4v) is 4.95. The molecule has 126 valence electrons. The molecule has 1 aliphatic carbocycles. The van der Waals surface area contributed by atoms with Crippen LogP contribution in [-0.4, -0.2) is 6.04 Å². The van der Waals surface area contributed by atoms with Crippen molar-refractivity contribution in [1.82, 2.24) is 0 Å². The first-order chi connectivity index (χ1) is 11.9. The van der Waals surface area contributed by atoms with Crippen LogP contribution in [0.5, 0.6) is 0 Å². The SMILES string of the molecule is CCCCCC1CCC2C(C1)c1ccccc1N2c1ccccc1. The topological polar surface area (TPSA) is 3.24 Å². The Kier molecular flexibility index (Phi) is 4.60. The minimum atomic E-state index is 0.659. The maximum atomic E-state index is 2.63. The van der Waals surface area contributed by atoms with Crippen molar-refractivity contribution in [3.63, 3.8) is 0 Å². The Balaban J connectivity index is 1.60. The minimum Gasteiger partial charge on any atom is -0.338 e. The summed E-state index contributed by atoms with van der Waals surface area (Å²) in [5.74, 6) is 1.66. The highest BCUT2D eigenvalue weighted by Crippen LogP contribution is 2.52. The summed E-state index contributed by atoms with van der Waals surface area (Å²) in [6.45, 7) is 2.31. The van der Waals surface area contributed by atoms with E-state index in [0.29, 0.717) is 6.04 Å². The third-order valence-electron chi connectivity index (χ3n) is 6.10. The van der Waals surface area contributed by atoms with E-state index < -0.39 is 0 Å². The van der Waals surface area contributed by atoms with Crippen LogP contribution >= 0.6 is 0 Å². The molecule has 24 heavy (non-hydrogen) atoms. The number of hydrogen-bond acceptors (Lipinski definition) is 1. The molecule has 1 nitrogen and oxygen atoms in total. The molecule has 2 aromatic carbocycles. The monoisotopic (exact) mass is 319 g/mol. The lowest BCUT2D eigenvalue weighted by molar-refractivity contribution is 0.279. The van der Waals surface area contributed by atoms with Crippen LogP contribution in [0, 0.1) is 5.92 Å². The number of hydrogen-bond donors (Lipinski definition) is 0. The highest BCUT2D eigenvalue weighted by atomic mass is 15.2. The number of nitrogens with zero attached hydrogens (tertiary/aromatic N) is 1. The number of benzene rings is 2. The molecule has 3 atom stereocenters. The first-order valence-electron chi connectivity index (χ1n) is 9.81.